The van der Waals surface area contributed by atoms with Gasteiger partial charge in [-0.3, -0.25) is 0 Å². The van der Waals surface area contributed by atoms with E-state index in [1.54, 1.807) is 0 Å². The quantitative estimate of drug-likeness (QED) is 0.798. The summed E-state index contributed by atoms with van der Waals surface area (Å²) in [4.78, 5) is 2.12. The molecule has 0 heterocycles. The number of hydrogen-bond donors (Lipinski definition) is 0. The van der Waals surface area contributed by atoms with Gasteiger partial charge >= 0.3 is 0 Å². The third-order valence-corrected chi connectivity index (χ3v) is 2.70. The SMILES string of the molecule is CN(C)c1ccc(Cc2ccccc2)cc1.Cl. The summed E-state index contributed by atoms with van der Waals surface area (Å²) >= 11 is 0. The molecule has 2 aromatic rings. The molecule has 0 aliphatic heterocycles. The molecular formula is C15H18ClN. The number of halogens is 1. The summed E-state index contributed by atoms with van der Waals surface area (Å²) in [5.74, 6) is 0. The summed E-state index contributed by atoms with van der Waals surface area (Å²) in [6.07, 6.45) is 1.01. The molecular weight excluding hydrogens is 230 g/mol. The lowest BCUT2D eigenvalue weighted by molar-refractivity contribution is 1.12. The zero-order valence-electron chi connectivity index (χ0n) is 10.3. The maximum Gasteiger partial charge on any atom is 0.0361 e. The van der Waals surface area contributed by atoms with Crippen LogP contribution in [0.15, 0.2) is 54.6 Å². The molecule has 2 rings (SSSR count). The van der Waals surface area contributed by atoms with E-state index in [4.69, 9.17) is 0 Å². The van der Waals surface area contributed by atoms with E-state index in [2.05, 4.69) is 73.6 Å². The highest BCUT2D eigenvalue weighted by atomic mass is 35.5. The average Bonchev–Trinajstić information content (AvgIpc) is 2.31. The molecule has 17 heavy (non-hydrogen) atoms. The molecule has 0 bridgehead atoms. The first-order valence-corrected chi connectivity index (χ1v) is 5.56. The second kappa shape index (κ2) is 6.31. The minimum atomic E-state index is 0. The van der Waals surface area contributed by atoms with Gasteiger partial charge in [0.2, 0.25) is 0 Å². The van der Waals surface area contributed by atoms with E-state index < -0.39 is 0 Å². The van der Waals surface area contributed by atoms with Gasteiger partial charge in [0.15, 0.2) is 0 Å². The molecule has 0 saturated heterocycles. The van der Waals surface area contributed by atoms with Crippen molar-refractivity contribution in [1.29, 1.82) is 0 Å². The summed E-state index contributed by atoms with van der Waals surface area (Å²) in [6.45, 7) is 0. The second-order valence-corrected chi connectivity index (χ2v) is 4.22. The van der Waals surface area contributed by atoms with Crippen molar-refractivity contribution in [2.24, 2.45) is 0 Å². The van der Waals surface area contributed by atoms with E-state index in [9.17, 15) is 0 Å². The Bertz CT molecular complexity index is 434. The van der Waals surface area contributed by atoms with Gasteiger partial charge in [-0.25, -0.2) is 0 Å². The first-order valence-electron chi connectivity index (χ1n) is 5.56. The summed E-state index contributed by atoms with van der Waals surface area (Å²) in [6, 6.07) is 19.3. The number of rotatable bonds is 3. The minimum Gasteiger partial charge on any atom is -0.378 e. The van der Waals surface area contributed by atoms with Gasteiger partial charge < -0.3 is 4.90 Å². The molecule has 90 valence electrons. The highest BCUT2D eigenvalue weighted by molar-refractivity contribution is 5.85. The highest BCUT2D eigenvalue weighted by Crippen LogP contribution is 2.15. The van der Waals surface area contributed by atoms with Crippen molar-refractivity contribution in [1.82, 2.24) is 0 Å². The fourth-order valence-electron chi connectivity index (χ4n) is 1.74. The average molecular weight is 248 g/mol. The van der Waals surface area contributed by atoms with Crippen LogP contribution in [-0.2, 0) is 6.42 Å². The minimum absolute atomic E-state index is 0. The zero-order chi connectivity index (χ0) is 11.4. The summed E-state index contributed by atoms with van der Waals surface area (Å²) in [5.41, 5.74) is 3.97. The predicted molar refractivity (Wildman–Crippen MR) is 77.3 cm³/mol. The van der Waals surface area contributed by atoms with Crippen molar-refractivity contribution in [3.63, 3.8) is 0 Å². The van der Waals surface area contributed by atoms with Gasteiger partial charge in [-0.15, -0.1) is 12.4 Å². The molecule has 0 atom stereocenters. The second-order valence-electron chi connectivity index (χ2n) is 4.22. The molecule has 0 aliphatic rings. The van der Waals surface area contributed by atoms with E-state index in [-0.39, 0.29) is 12.4 Å². The Hall–Kier alpha value is -1.47. The number of hydrogen-bond acceptors (Lipinski definition) is 1. The van der Waals surface area contributed by atoms with Gasteiger partial charge in [-0.2, -0.15) is 0 Å². The topological polar surface area (TPSA) is 3.24 Å². The Balaban J connectivity index is 0.00000144. The number of benzene rings is 2. The largest absolute Gasteiger partial charge is 0.378 e. The van der Waals surface area contributed by atoms with Crippen LogP contribution in [0.5, 0.6) is 0 Å². The number of anilines is 1. The highest BCUT2D eigenvalue weighted by Gasteiger charge is 1.97. The Labute approximate surface area is 109 Å². The Morgan fingerprint density at radius 2 is 1.29 bits per heavy atom. The van der Waals surface area contributed by atoms with Crippen molar-refractivity contribution >= 4 is 18.1 Å². The maximum absolute atomic E-state index is 2.20. The first-order chi connectivity index (χ1) is 7.75. The fourth-order valence-corrected chi connectivity index (χ4v) is 1.74. The van der Waals surface area contributed by atoms with Crippen LogP contribution in [-0.4, -0.2) is 14.1 Å². The summed E-state index contributed by atoms with van der Waals surface area (Å²) in [7, 11) is 4.12. The third-order valence-electron chi connectivity index (χ3n) is 2.70. The van der Waals surface area contributed by atoms with E-state index in [0.29, 0.717) is 0 Å². The zero-order valence-corrected chi connectivity index (χ0v) is 11.1. The molecule has 2 heteroatoms. The first kappa shape index (κ1) is 13.6. The molecule has 1 nitrogen and oxygen atoms in total. The van der Waals surface area contributed by atoms with Crippen LogP contribution in [0, 0.1) is 0 Å². The Kier molecular flexibility index (Phi) is 5.05. The summed E-state index contributed by atoms with van der Waals surface area (Å²) < 4.78 is 0. The van der Waals surface area contributed by atoms with Crippen LogP contribution in [0.1, 0.15) is 11.1 Å². The normalized spacial score (nSPS) is 9.53. The lowest BCUT2D eigenvalue weighted by Crippen LogP contribution is -2.08. The predicted octanol–water partition coefficient (Wildman–Crippen LogP) is 3.77. The van der Waals surface area contributed by atoms with E-state index >= 15 is 0 Å². The fraction of sp³-hybridized carbons (Fsp3) is 0.200. The summed E-state index contributed by atoms with van der Waals surface area (Å²) in [5, 5.41) is 0. The molecule has 0 saturated carbocycles. The Morgan fingerprint density at radius 3 is 1.82 bits per heavy atom. The lowest BCUT2D eigenvalue weighted by atomic mass is 10.0. The molecule has 0 fully saturated rings. The van der Waals surface area contributed by atoms with Crippen molar-refractivity contribution < 1.29 is 0 Å². The van der Waals surface area contributed by atoms with Crippen molar-refractivity contribution in [3.05, 3.63) is 65.7 Å². The molecule has 0 N–H and O–H groups in total. The van der Waals surface area contributed by atoms with Gasteiger partial charge in [0.05, 0.1) is 0 Å². The van der Waals surface area contributed by atoms with Crippen LogP contribution in [0.25, 0.3) is 0 Å². The molecule has 0 unspecified atom stereocenters. The lowest BCUT2D eigenvalue weighted by Gasteiger charge is -2.12. The molecule has 0 spiro atoms. The number of nitrogens with zero attached hydrogens (tertiary/aromatic N) is 1. The van der Waals surface area contributed by atoms with E-state index in [1.807, 2.05) is 0 Å². The molecule has 0 aliphatic carbocycles. The van der Waals surface area contributed by atoms with Gasteiger partial charge in [0, 0.05) is 19.8 Å². The molecule has 0 amide bonds. The van der Waals surface area contributed by atoms with Gasteiger partial charge in [-0.05, 0) is 29.7 Å². The van der Waals surface area contributed by atoms with Crippen LogP contribution >= 0.6 is 12.4 Å². The monoisotopic (exact) mass is 247 g/mol. The van der Waals surface area contributed by atoms with E-state index in [0.717, 1.165) is 6.42 Å². The van der Waals surface area contributed by atoms with Crippen molar-refractivity contribution in [2.45, 2.75) is 6.42 Å². The van der Waals surface area contributed by atoms with Crippen LogP contribution in [0.4, 0.5) is 5.69 Å². The van der Waals surface area contributed by atoms with Gasteiger partial charge in [0.1, 0.15) is 0 Å². The van der Waals surface area contributed by atoms with Gasteiger partial charge in [0.25, 0.3) is 0 Å². The molecule has 2 aromatic carbocycles. The van der Waals surface area contributed by atoms with Crippen LogP contribution < -0.4 is 4.90 Å². The maximum atomic E-state index is 2.20. The standard InChI is InChI=1S/C15H17N.ClH/c1-16(2)15-10-8-14(9-11-15)12-13-6-4-3-5-7-13;/h3-11H,12H2,1-2H3;1H. The van der Waals surface area contributed by atoms with Gasteiger partial charge in [-0.1, -0.05) is 42.5 Å². The molecule has 0 radical (unpaired) electrons. The Morgan fingerprint density at radius 1 is 0.765 bits per heavy atom. The van der Waals surface area contributed by atoms with Crippen molar-refractivity contribution in [3.8, 4) is 0 Å². The van der Waals surface area contributed by atoms with Crippen LogP contribution in [0.3, 0.4) is 0 Å². The van der Waals surface area contributed by atoms with Crippen LogP contribution in [0.2, 0.25) is 0 Å². The smallest absolute Gasteiger partial charge is 0.0361 e. The third kappa shape index (κ3) is 3.79. The van der Waals surface area contributed by atoms with E-state index in [1.165, 1.54) is 16.8 Å². The molecule has 0 aromatic heterocycles. The van der Waals surface area contributed by atoms with Crippen molar-refractivity contribution in [2.75, 3.05) is 19.0 Å².